The number of benzene rings is 1. The van der Waals surface area contributed by atoms with Gasteiger partial charge in [-0.25, -0.2) is 0 Å². The van der Waals surface area contributed by atoms with Crippen LogP contribution in [0, 0.1) is 5.92 Å². The van der Waals surface area contributed by atoms with Gasteiger partial charge in [0.2, 0.25) is 5.91 Å². The number of nitrogens with zero attached hydrogens (tertiary/aromatic N) is 1. The van der Waals surface area contributed by atoms with Crippen LogP contribution in [0.25, 0.3) is 5.57 Å². The zero-order valence-electron chi connectivity index (χ0n) is 14.4. The van der Waals surface area contributed by atoms with Crippen LogP contribution in [0.5, 0.6) is 0 Å². The van der Waals surface area contributed by atoms with E-state index in [4.69, 9.17) is 11.6 Å². The van der Waals surface area contributed by atoms with Gasteiger partial charge in [0.25, 0.3) is 0 Å². The van der Waals surface area contributed by atoms with Crippen LogP contribution < -0.4 is 5.32 Å². The zero-order valence-corrected chi connectivity index (χ0v) is 15.2. The number of rotatable bonds is 4. The summed E-state index contributed by atoms with van der Waals surface area (Å²) in [7, 11) is 0. The van der Waals surface area contributed by atoms with Crippen molar-refractivity contribution < 1.29 is 18.0 Å². The molecule has 0 radical (unpaired) electrons. The number of aliphatic imine (C=N–C) groups is 1. The van der Waals surface area contributed by atoms with E-state index in [-0.39, 0.29) is 34.6 Å². The second-order valence-electron chi connectivity index (χ2n) is 6.68. The highest BCUT2D eigenvalue weighted by Gasteiger charge is 2.35. The molecule has 1 aromatic rings. The molecule has 1 aliphatic carbocycles. The maximum Gasteiger partial charge on any atom is 0.413 e. The number of nitrogens with one attached hydrogen (secondary N) is 1. The van der Waals surface area contributed by atoms with Gasteiger partial charge >= 0.3 is 6.18 Å². The lowest BCUT2D eigenvalue weighted by Crippen LogP contribution is -2.15. The van der Waals surface area contributed by atoms with Gasteiger partial charge in [-0.1, -0.05) is 18.2 Å². The highest BCUT2D eigenvalue weighted by atomic mass is 35.5. The average Bonchev–Trinajstić information content (AvgIpc) is 3.29. The number of alkyl halides is 3. The maximum atomic E-state index is 13.5. The zero-order chi connectivity index (χ0) is 19.2. The van der Waals surface area contributed by atoms with E-state index >= 15 is 0 Å². The monoisotopic (exact) mass is 382 g/mol. The molecule has 1 aliphatic heterocycles. The smallest absolute Gasteiger partial charge is 0.324 e. The highest BCUT2D eigenvalue weighted by Crippen LogP contribution is 2.40. The second kappa shape index (κ2) is 6.58. The van der Waals surface area contributed by atoms with Crippen LogP contribution >= 0.6 is 11.6 Å². The molecular weight excluding hydrogens is 365 g/mol. The SMILES string of the molecule is C=C(N=C(C)/C(=C(\C)C(F)(F)F)c1cc(Cl)c2c(c1)CC(=O)N2)C1CC1. The molecule has 1 heterocycles. The van der Waals surface area contributed by atoms with Gasteiger partial charge in [-0.05, 0) is 49.9 Å². The number of hydrogen-bond acceptors (Lipinski definition) is 2. The fourth-order valence-corrected chi connectivity index (χ4v) is 3.35. The molecule has 0 saturated heterocycles. The molecule has 0 spiro atoms. The Morgan fingerprint density at radius 3 is 2.54 bits per heavy atom. The number of fused-ring (bicyclic) bond motifs is 1. The predicted octanol–water partition coefficient (Wildman–Crippen LogP) is 5.56. The van der Waals surface area contributed by atoms with E-state index < -0.39 is 11.7 Å². The number of anilines is 1. The van der Waals surface area contributed by atoms with Gasteiger partial charge in [0.05, 0.1) is 17.1 Å². The largest absolute Gasteiger partial charge is 0.413 e. The Labute approximate surface area is 154 Å². The Kier molecular flexibility index (Phi) is 4.73. The minimum Gasteiger partial charge on any atom is -0.324 e. The summed E-state index contributed by atoms with van der Waals surface area (Å²) in [6.07, 6.45) is -2.49. The first-order valence-electron chi connectivity index (χ1n) is 8.23. The van der Waals surface area contributed by atoms with Gasteiger partial charge in [-0.15, -0.1) is 0 Å². The Balaban J connectivity index is 2.13. The first kappa shape index (κ1) is 18.7. The lowest BCUT2D eigenvalue weighted by Gasteiger charge is -2.17. The van der Waals surface area contributed by atoms with Crippen LogP contribution in [0.3, 0.4) is 0 Å². The van der Waals surface area contributed by atoms with Crippen molar-refractivity contribution in [2.45, 2.75) is 39.3 Å². The average molecular weight is 383 g/mol. The summed E-state index contributed by atoms with van der Waals surface area (Å²) in [4.78, 5) is 15.9. The summed E-state index contributed by atoms with van der Waals surface area (Å²) in [5.41, 5.74) is 1.40. The van der Waals surface area contributed by atoms with E-state index in [2.05, 4.69) is 16.9 Å². The number of amides is 1. The number of carbonyl (C=O) groups excluding carboxylic acids is 1. The summed E-state index contributed by atoms with van der Waals surface area (Å²) >= 11 is 6.20. The van der Waals surface area contributed by atoms with Crippen LogP contribution in [-0.2, 0) is 11.2 Å². The van der Waals surface area contributed by atoms with Crippen molar-refractivity contribution >= 4 is 34.5 Å². The van der Waals surface area contributed by atoms with Gasteiger partial charge in [0.1, 0.15) is 0 Å². The molecular formula is C19H18ClF3N2O. The molecule has 7 heteroatoms. The van der Waals surface area contributed by atoms with Crippen molar-refractivity contribution in [3.63, 3.8) is 0 Å². The van der Waals surface area contributed by atoms with Crippen LogP contribution in [0.15, 0.2) is 35.0 Å². The molecule has 0 atom stereocenters. The molecule has 26 heavy (non-hydrogen) atoms. The summed E-state index contributed by atoms with van der Waals surface area (Å²) < 4.78 is 40.4. The first-order chi connectivity index (χ1) is 12.1. The molecule has 3 nitrogen and oxygen atoms in total. The van der Waals surface area contributed by atoms with Crippen molar-refractivity contribution in [1.29, 1.82) is 0 Å². The van der Waals surface area contributed by atoms with Gasteiger partial charge in [0.15, 0.2) is 0 Å². The molecule has 1 aromatic carbocycles. The molecule has 3 rings (SSSR count). The Morgan fingerprint density at radius 2 is 1.96 bits per heavy atom. The van der Waals surface area contributed by atoms with Gasteiger partial charge in [-0.3, -0.25) is 9.79 Å². The van der Waals surface area contributed by atoms with Crippen LogP contribution in [0.4, 0.5) is 18.9 Å². The summed E-state index contributed by atoms with van der Waals surface area (Å²) in [5.74, 6) is 0.0208. The van der Waals surface area contributed by atoms with Crippen molar-refractivity contribution in [2.24, 2.45) is 10.9 Å². The van der Waals surface area contributed by atoms with Gasteiger partial charge < -0.3 is 5.32 Å². The van der Waals surface area contributed by atoms with Gasteiger partial charge in [-0.2, -0.15) is 13.2 Å². The molecule has 0 bridgehead atoms. The molecule has 1 amide bonds. The van der Waals surface area contributed by atoms with E-state index in [9.17, 15) is 18.0 Å². The van der Waals surface area contributed by atoms with Crippen molar-refractivity contribution in [1.82, 2.24) is 0 Å². The molecule has 2 aliphatic rings. The van der Waals surface area contributed by atoms with Crippen LogP contribution in [0.1, 0.15) is 37.8 Å². The predicted molar refractivity (Wildman–Crippen MR) is 97.4 cm³/mol. The molecule has 1 N–H and O–H groups in total. The van der Waals surface area contributed by atoms with Crippen molar-refractivity contribution in [2.75, 3.05) is 5.32 Å². The highest BCUT2D eigenvalue weighted by molar-refractivity contribution is 6.35. The van der Waals surface area contributed by atoms with E-state index in [0.717, 1.165) is 19.8 Å². The molecule has 0 unspecified atom stereocenters. The summed E-state index contributed by atoms with van der Waals surface area (Å²) in [6, 6.07) is 3.01. The lowest BCUT2D eigenvalue weighted by atomic mass is 9.94. The topological polar surface area (TPSA) is 41.5 Å². The second-order valence-corrected chi connectivity index (χ2v) is 7.08. The Bertz CT molecular complexity index is 864. The summed E-state index contributed by atoms with van der Waals surface area (Å²) in [5, 5.41) is 2.84. The molecule has 1 saturated carbocycles. The number of halogens is 4. The number of allylic oxidation sites excluding steroid dienone is 3. The quantitative estimate of drug-likeness (QED) is 0.681. The minimum absolute atomic E-state index is 0.0247. The van der Waals surface area contributed by atoms with Crippen LogP contribution in [0.2, 0.25) is 5.02 Å². The number of carbonyl (C=O) groups is 1. The molecule has 138 valence electrons. The maximum absolute atomic E-state index is 13.5. The minimum atomic E-state index is -4.51. The molecule has 0 aromatic heterocycles. The third kappa shape index (κ3) is 3.70. The third-order valence-corrected chi connectivity index (χ3v) is 4.90. The van der Waals surface area contributed by atoms with Crippen molar-refractivity contribution in [3.05, 3.63) is 46.1 Å². The first-order valence-corrected chi connectivity index (χ1v) is 8.61. The fourth-order valence-electron chi connectivity index (χ4n) is 3.06. The third-order valence-electron chi connectivity index (χ3n) is 4.60. The van der Waals surface area contributed by atoms with E-state index in [1.807, 2.05) is 0 Å². The Hall–Kier alpha value is -2.08. The summed E-state index contributed by atoms with van der Waals surface area (Å²) in [6.45, 7) is 6.44. The lowest BCUT2D eigenvalue weighted by molar-refractivity contribution is -0.115. The standard InChI is InChI=1S/C19H18ClF3N2O/c1-9(19(21,22)23)17(11(3)24-10(2)12-4-5-12)13-6-14-8-16(26)25-18(14)15(20)7-13/h6-7,12H,2,4-5,8H2,1,3H3,(H,25,26)/b17-9-,24-11?. The Morgan fingerprint density at radius 1 is 1.31 bits per heavy atom. The van der Waals surface area contributed by atoms with Crippen LogP contribution in [-0.4, -0.2) is 17.8 Å². The number of hydrogen-bond donors (Lipinski definition) is 1. The fraction of sp³-hybridized carbons (Fsp3) is 0.368. The van der Waals surface area contributed by atoms with E-state index in [0.29, 0.717) is 22.5 Å². The molecule has 1 fully saturated rings. The van der Waals surface area contributed by atoms with Gasteiger partial charge in [0, 0.05) is 28.5 Å². The van der Waals surface area contributed by atoms with E-state index in [1.54, 1.807) is 13.0 Å². The van der Waals surface area contributed by atoms with Crippen molar-refractivity contribution in [3.8, 4) is 0 Å². The van der Waals surface area contributed by atoms with E-state index in [1.165, 1.54) is 6.07 Å². The normalized spacial score (nSPS) is 18.4.